The predicted octanol–water partition coefficient (Wildman–Crippen LogP) is 9.80. The van der Waals surface area contributed by atoms with Crippen LogP contribution in [0.1, 0.15) is 0 Å². The molecule has 0 atom stereocenters. The van der Waals surface area contributed by atoms with Crippen molar-refractivity contribution in [3.8, 4) is 0 Å². The minimum Gasteiger partial charge on any atom is -0.349 e. The maximum Gasteiger partial charge on any atom is 0.393 e. The van der Waals surface area contributed by atoms with Gasteiger partial charge in [0.2, 0.25) is 0 Å². The Hall–Kier alpha value is -2.76. The van der Waals surface area contributed by atoms with Gasteiger partial charge in [-0.1, -0.05) is 0 Å². The second-order valence-corrected chi connectivity index (χ2v) is 13.4. The molecule has 1 rings (SSSR count). The summed E-state index contributed by atoms with van der Waals surface area (Å²) in [5.41, 5.74) is 0. The molecule has 0 saturated carbocycles. The van der Waals surface area contributed by atoms with Gasteiger partial charge in [0.1, 0.15) is 0 Å². The number of carbonyl (C=O) groups is 2. The van der Waals surface area contributed by atoms with E-state index in [4.69, 9.17) is 0 Å². The Morgan fingerprint density at radius 2 is 0.603 bits per heavy atom. The van der Waals surface area contributed by atoms with Gasteiger partial charge in [-0.05, 0) is 23.2 Å². The van der Waals surface area contributed by atoms with Crippen molar-refractivity contribution >= 4 is 35.0 Å². The molecule has 63 heavy (non-hydrogen) atoms. The fraction of sp³-hybridized carbons (Fsp3) is 0.917. The van der Waals surface area contributed by atoms with Gasteiger partial charge in [0.05, 0.1) is 0 Å². The fourth-order valence-corrected chi connectivity index (χ4v) is 4.65. The van der Waals surface area contributed by atoms with Crippen molar-refractivity contribution in [1.82, 2.24) is 15.1 Å². The van der Waals surface area contributed by atoms with E-state index in [-0.39, 0.29) is 0 Å². The lowest BCUT2D eigenvalue weighted by atomic mass is 9.88. The van der Waals surface area contributed by atoms with E-state index in [0.717, 1.165) is 0 Å². The molecule has 0 aliphatic carbocycles. The molecule has 0 aromatic carbocycles. The summed E-state index contributed by atoms with van der Waals surface area (Å²) in [6.45, 7) is -9.22. The SMILES string of the molecule is O=C(NCCN1CCN(C(=O)C(F)(F)C(F)(F)C(F)(F)C(F)(F)C(F)(F)C(F)(F)C(F)(F)C(F)(F)Cl)CC1)C(F)(F)C(F)(F)C(F)(F)C(F)(F)C(F)(F)C(F)(F)C(F)(F)C(F)(F)Cl. The lowest BCUT2D eigenvalue weighted by Crippen LogP contribution is -2.75. The van der Waals surface area contributed by atoms with E-state index in [1.54, 1.807) is 0 Å². The van der Waals surface area contributed by atoms with Gasteiger partial charge in [0.15, 0.2) is 0 Å². The monoisotopic (exact) mass is 1050 g/mol. The first-order valence-corrected chi connectivity index (χ1v) is 15.5. The largest absolute Gasteiger partial charge is 0.393 e. The molecule has 5 nitrogen and oxygen atoms in total. The molecule has 1 saturated heterocycles. The van der Waals surface area contributed by atoms with Crippen LogP contribution in [0.15, 0.2) is 0 Å². The summed E-state index contributed by atoms with van der Waals surface area (Å²) in [5, 5.41) is -13.7. The van der Waals surface area contributed by atoms with Crippen LogP contribution in [-0.2, 0) is 9.59 Å². The van der Waals surface area contributed by atoms with E-state index in [9.17, 15) is 150 Å². The van der Waals surface area contributed by atoms with Gasteiger partial charge in [-0.15, -0.1) is 0 Å². The third kappa shape index (κ3) is 8.05. The molecule has 0 spiro atoms. The van der Waals surface area contributed by atoms with Crippen molar-refractivity contribution in [1.29, 1.82) is 0 Å². The second-order valence-electron chi connectivity index (χ2n) is 12.4. The number of hydrogen-bond donors (Lipinski definition) is 1. The summed E-state index contributed by atoms with van der Waals surface area (Å²) in [5.74, 6) is -127. The predicted molar refractivity (Wildman–Crippen MR) is 137 cm³/mol. The number of hydrogen-bond acceptors (Lipinski definition) is 3. The van der Waals surface area contributed by atoms with Crippen LogP contribution in [0, 0.1) is 0 Å². The number of rotatable bonds is 19. The van der Waals surface area contributed by atoms with Crippen LogP contribution >= 0.6 is 23.2 Å². The minimum atomic E-state index is -8.96. The van der Waals surface area contributed by atoms with Crippen molar-refractivity contribution in [3.05, 3.63) is 0 Å². The highest BCUT2D eigenvalue weighted by Crippen LogP contribution is 2.66. The molecule has 0 radical (unpaired) electrons. The van der Waals surface area contributed by atoms with E-state index < -0.39 is 150 Å². The van der Waals surface area contributed by atoms with Gasteiger partial charge in [-0.25, -0.2) is 0 Å². The Kier molecular flexibility index (Phi) is 14.7. The average molecular weight is 1050 g/mol. The van der Waals surface area contributed by atoms with Gasteiger partial charge >= 0.3 is 93.7 Å². The Labute approximate surface area is 333 Å². The first-order valence-electron chi connectivity index (χ1n) is 14.7. The van der Waals surface area contributed by atoms with Crippen LogP contribution in [0.2, 0.25) is 0 Å². The van der Waals surface area contributed by atoms with Gasteiger partial charge in [0, 0.05) is 39.3 Å². The van der Waals surface area contributed by atoms with Crippen molar-refractivity contribution in [2.75, 3.05) is 39.3 Å². The minimum absolute atomic E-state index is 0.368. The number of amides is 2. The summed E-state index contributed by atoms with van der Waals surface area (Å²) >= 11 is 6.74. The fourth-order valence-electron chi connectivity index (χ4n) is 4.42. The summed E-state index contributed by atoms with van der Waals surface area (Å²) in [6.07, 6.45) is 0. The molecule has 0 bridgehead atoms. The molecule has 2 amide bonds. The molecule has 39 heteroatoms. The Bertz CT molecular complexity index is 1680. The van der Waals surface area contributed by atoms with Crippen molar-refractivity contribution in [2.24, 2.45) is 0 Å². The van der Waals surface area contributed by atoms with Crippen LogP contribution in [0.4, 0.5) is 140 Å². The topological polar surface area (TPSA) is 52.7 Å². The van der Waals surface area contributed by atoms with Crippen molar-refractivity contribution in [3.63, 3.8) is 0 Å². The quantitative estimate of drug-likeness (QED) is 0.104. The standard InChI is InChI=1S/C24H13Cl2F32N3O2/c25-23(55,56)21(51,52)19(47,48)17(43,44)15(39,40)13(35,36)11(31,32)9(27,28)7(62)59-1-2-60-3-5-61(6-4-60)8(63)10(29,30)12(33,34)14(37,38)16(41,42)18(45,46)20(49,50)22(53,54)24(26,57)58/h1-6H2,(H,59,62). The van der Waals surface area contributed by atoms with Crippen molar-refractivity contribution < 1.29 is 150 Å². The lowest BCUT2D eigenvalue weighted by Gasteiger charge is -2.43. The third-order valence-corrected chi connectivity index (χ3v) is 8.85. The first-order chi connectivity index (χ1) is 27.0. The summed E-state index contributed by atoms with van der Waals surface area (Å²) < 4.78 is 437. The number of alkyl halides is 34. The normalized spacial score (nSPS) is 17.9. The number of halogens is 34. The van der Waals surface area contributed by atoms with Gasteiger partial charge in [-0.2, -0.15) is 140 Å². The highest BCUT2D eigenvalue weighted by Gasteiger charge is 2.97. The average Bonchev–Trinajstić information content (AvgIpc) is 3.09. The molecule has 0 unspecified atom stereocenters. The van der Waals surface area contributed by atoms with Crippen LogP contribution < -0.4 is 5.32 Å². The second kappa shape index (κ2) is 16.0. The first kappa shape index (κ1) is 58.3. The number of nitrogens with zero attached hydrogens (tertiary/aromatic N) is 2. The highest BCUT2D eigenvalue weighted by atomic mass is 35.5. The van der Waals surface area contributed by atoms with Crippen LogP contribution in [0.5, 0.6) is 0 Å². The van der Waals surface area contributed by atoms with E-state index in [2.05, 4.69) is 23.2 Å². The molecular formula is C24H13Cl2F32N3O2. The Balaban J connectivity index is 3.23. The zero-order valence-corrected chi connectivity index (χ0v) is 29.8. The summed E-state index contributed by atoms with van der Waals surface area (Å²) in [4.78, 5) is 23.1. The number of piperazine rings is 1. The van der Waals surface area contributed by atoms with E-state index >= 15 is 0 Å². The maximum atomic E-state index is 14.4. The van der Waals surface area contributed by atoms with E-state index in [1.807, 2.05) is 0 Å². The van der Waals surface area contributed by atoms with Gasteiger partial charge < -0.3 is 10.2 Å². The molecule has 374 valence electrons. The summed E-state index contributed by atoms with van der Waals surface area (Å²) in [6, 6.07) is 0. The van der Waals surface area contributed by atoms with Crippen LogP contribution in [0.3, 0.4) is 0 Å². The lowest BCUT2D eigenvalue weighted by molar-refractivity contribution is -0.446. The van der Waals surface area contributed by atoms with E-state index in [0.29, 0.717) is 10.2 Å². The van der Waals surface area contributed by atoms with Gasteiger partial charge in [-0.3, -0.25) is 14.5 Å². The molecule has 1 N–H and O–H groups in total. The maximum absolute atomic E-state index is 14.4. The number of nitrogens with one attached hydrogen (secondary N) is 1. The molecular weight excluding hydrogens is 1040 g/mol. The Morgan fingerprint density at radius 3 is 0.873 bits per heavy atom. The molecule has 0 aromatic rings. The van der Waals surface area contributed by atoms with Gasteiger partial charge in [0.25, 0.3) is 11.8 Å². The molecule has 1 heterocycles. The molecule has 0 aromatic heterocycles. The van der Waals surface area contributed by atoms with Crippen LogP contribution in [-0.4, -0.2) is 155 Å². The van der Waals surface area contributed by atoms with Crippen LogP contribution in [0.25, 0.3) is 0 Å². The zero-order chi connectivity index (χ0) is 51.3. The Morgan fingerprint density at radius 1 is 0.365 bits per heavy atom. The smallest absolute Gasteiger partial charge is 0.349 e. The molecule has 1 aliphatic rings. The zero-order valence-electron chi connectivity index (χ0n) is 28.3. The molecule has 1 aliphatic heterocycles. The van der Waals surface area contributed by atoms with E-state index in [1.165, 1.54) is 0 Å². The van der Waals surface area contributed by atoms with Crippen molar-refractivity contribution in [2.45, 2.75) is 93.7 Å². The number of carbonyl (C=O) groups excluding carboxylic acids is 2. The molecule has 1 fully saturated rings. The third-order valence-electron chi connectivity index (χ3n) is 8.37. The summed E-state index contributed by atoms with van der Waals surface area (Å²) in [7, 11) is 0. The highest BCUT2D eigenvalue weighted by molar-refractivity contribution is 6.22.